The van der Waals surface area contributed by atoms with E-state index in [0.29, 0.717) is 0 Å². The fraction of sp³-hybridized carbons (Fsp3) is 0.400. The lowest BCUT2D eigenvalue weighted by Gasteiger charge is -2.09. The van der Waals surface area contributed by atoms with Crippen molar-refractivity contribution in [1.82, 2.24) is 15.3 Å². The number of aromatic nitrogens is 2. The van der Waals surface area contributed by atoms with Crippen LogP contribution in [0.2, 0.25) is 5.15 Å². The summed E-state index contributed by atoms with van der Waals surface area (Å²) in [7, 11) is 0. The molecule has 6 nitrogen and oxygen atoms in total. The first kappa shape index (κ1) is 13.4. The molecule has 0 aliphatic heterocycles. The molecular formula is C10H12ClN3O3. The van der Waals surface area contributed by atoms with Crippen molar-refractivity contribution in [3.63, 3.8) is 0 Å². The highest BCUT2D eigenvalue weighted by molar-refractivity contribution is 6.29. The molecule has 1 amide bonds. The van der Waals surface area contributed by atoms with Crippen LogP contribution in [0.3, 0.4) is 0 Å². The molecule has 1 aromatic heterocycles. The largest absolute Gasteiger partial charge is 0.481 e. The van der Waals surface area contributed by atoms with Gasteiger partial charge in [-0.05, 0) is 5.92 Å². The zero-order valence-electron chi connectivity index (χ0n) is 9.18. The van der Waals surface area contributed by atoms with Crippen LogP contribution in [0, 0.1) is 5.92 Å². The first-order valence-corrected chi connectivity index (χ1v) is 5.34. The molecule has 1 rings (SSSR count). The molecule has 0 aliphatic rings. The maximum absolute atomic E-state index is 11.5. The number of carbonyl (C=O) groups is 2. The van der Waals surface area contributed by atoms with Crippen molar-refractivity contribution in [3.05, 3.63) is 23.2 Å². The van der Waals surface area contributed by atoms with Crippen LogP contribution in [0.1, 0.15) is 23.8 Å². The van der Waals surface area contributed by atoms with Crippen LogP contribution in [-0.4, -0.2) is 33.5 Å². The van der Waals surface area contributed by atoms with Gasteiger partial charge in [0, 0.05) is 13.0 Å². The Morgan fingerprint density at radius 3 is 2.71 bits per heavy atom. The minimum Gasteiger partial charge on any atom is -0.481 e. The van der Waals surface area contributed by atoms with Gasteiger partial charge in [-0.2, -0.15) is 0 Å². The number of hydrogen-bond acceptors (Lipinski definition) is 4. The molecule has 17 heavy (non-hydrogen) atoms. The normalized spacial score (nSPS) is 11.9. The summed E-state index contributed by atoms with van der Waals surface area (Å²) >= 11 is 5.53. The highest BCUT2D eigenvalue weighted by atomic mass is 35.5. The van der Waals surface area contributed by atoms with Crippen molar-refractivity contribution >= 4 is 23.5 Å². The third kappa shape index (κ3) is 4.78. The van der Waals surface area contributed by atoms with Crippen LogP contribution in [0.15, 0.2) is 12.4 Å². The van der Waals surface area contributed by atoms with Crippen molar-refractivity contribution in [2.24, 2.45) is 5.92 Å². The molecule has 0 spiro atoms. The van der Waals surface area contributed by atoms with Crippen LogP contribution in [0.5, 0.6) is 0 Å². The average molecular weight is 258 g/mol. The molecule has 1 atom stereocenters. The highest BCUT2D eigenvalue weighted by Crippen LogP contribution is 2.02. The van der Waals surface area contributed by atoms with E-state index in [2.05, 4.69) is 15.3 Å². The quantitative estimate of drug-likeness (QED) is 0.820. The second kappa shape index (κ2) is 6.15. The molecule has 0 aliphatic carbocycles. The smallest absolute Gasteiger partial charge is 0.303 e. The molecule has 1 unspecified atom stereocenters. The van der Waals surface area contributed by atoms with E-state index < -0.39 is 11.9 Å². The second-order valence-corrected chi connectivity index (χ2v) is 4.02. The number of nitrogens with one attached hydrogen (secondary N) is 1. The van der Waals surface area contributed by atoms with E-state index in [0.717, 1.165) is 0 Å². The highest BCUT2D eigenvalue weighted by Gasteiger charge is 2.11. The van der Waals surface area contributed by atoms with E-state index in [1.807, 2.05) is 0 Å². The minimum atomic E-state index is -0.891. The van der Waals surface area contributed by atoms with E-state index >= 15 is 0 Å². The Labute approximate surface area is 103 Å². The Hall–Kier alpha value is -1.69. The number of hydrogen-bond donors (Lipinski definition) is 2. The predicted molar refractivity (Wildman–Crippen MR) is 60.8 cm³/mol. The fourth-order valence-electron chi connectivity index (χ4n) is 1.16. The van der Waals surface area contributed by atoms with Gasteiger partial charge in [0.15, 0.2) is 0 Å². The number of amides is 1. The molecule has 0 fully saturated rings. The molecule has 0 bridgehead atoms. The lowest BCUT2D eigenvalue weighted by molar-refractivity contribution is -0.137. The van der Waals surface area contributed by atoms with E-state index in [4.69, 9.17) is 16.7 Å². The molecule has 1 aromatic rings. The number of nitrogens with zero attached hydrogens (tertiary/aromatic N) is 2. The van der Waals surface area contributed by atoms with Crippen molar-refractivity contribution < 1.29 is 14.7 Å². The molecule has 0 saturated carbocycles. The standard InChI is InChI=1S/C10H12ClN3O3/c1-6(2-9(15)16)3-14-10(17)7-4-13-8(11)5-12-7/h4-6H,2-3H2,1H3,(H,14,17)(H,15,16). The van der Waals surface area contributed by atoms with Gasteiger partial charge in [0.1, 0.15) is 10.8 Å². The first-order chi connectivity index (χ1) is 7.99. The van der Waals surface area contributed by atoms with E-state index in [1.54, 1.807) is 6.92 Å². The summed E-state index contributed by atoms with van der Waals surface area (Å²) in [4.78, 5) is 29.5. The molecule has 0 saturated heterocycles. The van der Waals surface area contributed by atoms with Crippen LogP contribution in [0.25, 0.3) is 0 Å². The van der Waals surface area contributed by atoms with Crippen molar-refractivity contribution in [3.8, 4) is 0 Å². The van der Waals surface area contributed by atoms with Crippen LogP contribution in [0.4, 0.5) is 0 Å². The van der Waals surface area contributed by atoms with E-state index in [-0.39, 0.29) is 29.7 Å². The third-order valence-corrected chi connectivity index (χ3v) is 2.18. The lowest BCUT2D eigenvalue weighted by Crippen LogP contribution is -2.29. The third-order valence-electron chi connectivity index (χ3n) is 1.99. The predicted octanol–water partition coefficient (Wildman–Crippen LogP) is 0.971. The molecule has 0 aromatic carbocycles. The summed E-state index contributed by atoms with van der Waals surface area (Å²) in [5.41, 5.74) is 0.150. The Morgan fingerprint density at radius 1 is 1.47 bits per heavy atom. The molecule has 1 heterocycles. The molecular weight excluding hydrogens is 246 g/mol. The van der Waals surface area contributed by atoms with E-state index in [1.165, 1.54) is 12.4 Å². The van der Waals surface area contributed by atoms with Gasteiger partial charge in [-0.3, -0.25) is 9.59 Å². The SMILES string of the molecule is CC(CNC(=O)c1cnc(Cl)cn1)CC(=O)O. The summed E-state index contributed by atoms with van der Waals surface area (Å²) in [5, 5.41) is 11.3. The molecule has 2 N–H and O–H groups in total. The Bertz CT molecular complexity index is 408. The summed E-state index contributed by atoms with van der Waals surface area (Å²) in [6, 6.07) is 0. The van der Waals surface area contributed by atoms with Crippen LogP contribution >= 0.6 is 11.6 Å². The van der Waals surface area contributed by atoms with Gasteiger partial charge in [0.05, 0.1) is 12.4 Å². The number of carboxylic acids is 1. The van der Waals surface area contributed by atoms with Crippen LogP contribution in [-0.2, 0) is 4.79 Å². The van der Waals surface area contributed by atoms with Gasteiger partial charge in [-0.1, -0.05) is 18.5 Å². The number of carbonyl (C=O) groups excluding carboxylic acids is 1. The van der Waals surface area contributed by atoms with Crippen LogP contribution < -0.4 is 5.32 Å². The zero-order valence-corrected chi connectivity index (χ0v) is 9.94. The second-order valence-electron chi connectivity index (χ2n) is 3.64. The molecule has 0 radical (unpaired) electrons. The van der Waals surface area contributed by atoms with E-state index in [9.17, 15) is 9.59 Å². The maximum atomic E-state index is 11.5. The summed E-state index contributed by atoms with van der Waals surface area (Å²) in [6.07, 6.45) is 2.54. The fourth-order valence-corrected chi connectivity index (χ4v) is 1.25. The topological polar surface area (TPSA) is 92.2 Å². The summed E-state index contributed by atoms with van der Waals surface area (Å²) < 4.78 is 0. The van der Waals surface area contributed by atoms with Gasteiger partial charge in [0.25, 0.3) is 5.91 Å². The van der Waals surface area contributed by atoms with Gasteiger partial charge >= 0.3 is 5.97 Å². The monoisotopic (exact) mass is 257 g/mol. The summed E-state index contributed by atoms with van der Waals surface area (Å²) in [6.45, 7) is 2.01. The van der Waals surface area contributed by atoms with Crippen molar-refractivity contribution in [1.29, 1.82) is 0 Å². The average Bonchev–Trinajstić information content (AvgIpc) is 2.26. The molecule has 7 heteroatoms. The van der Waals surface area contributed by atoms with Gasteiger partial charge in [-0.15, -0.1) is 0 Å². The van der Waals surface area contributed by atoms with Gasteiger partial charge in [0.2, 0.25) is 0 Å². The maximum Gasteiger partial charge on any atom is 0.303 e. The lowest BCUT2D eigenvalue weighted by atomic mass is 10.1. The Morgan fingerprint density at radius 2 is 2.18 bits per heavy atom. The van der Waals surface area contributed by atoms with Gasteiger partial charge in [-0.25, -0.2) is 9.97 Å². The minimum absolute atomic E-state index is 0.00652. The zero-order chi connectivity index (χ0) is 12.8. The number of halogens is 1. The number of carboxylic acid groups (broad SMARTS) is 1. The first-order valence-electron chi connectivity index (χ1n) is 4.96. The Balaban J connectivity index is 2.44. The summed E-state index contributed by atoms with van der Waals surface area (Å²) in [5.74, 6) is -1.43. The Kier molecular flexibility index (Phi) is 4.84. The van der Waals surface area contributed by atoms with Crippen molar-refractivity contribution in [2.75, 3.05) is 6.54 Å². The van der Waals surface area contributed by atoms with Crippen molar-refractivity contribution in [2.45, 2.75) is 13.3 Å². The van der Waals surface area contributed by atoms with Gasteiger partial charge < -0.3 is 10.4 Å². The number of aliphatic carboxylic acids is 1. The molecule has 92 valence electrons. The number of rotatable bonds is 5.